The van der Waals surface area contributed by atoms with Crippen molar-refractivity contribution in [3.8, 4) is 0 Å². The van der Waals surface area contributed by atoms with Gasteiger partial charge in [0, 0.05) is 12.4 Å². The molecule has 11 heavy (non-hydrogen) atoms. The fourth-order valence-corrected chi connectivity index (χ4v) is 1.01. The highest BCUT2D eigenvalue weighted by Gasteiger charge is 1.96. The standard InChI is InChI=1S/C6H3BrN4/c7-4-3-10-5-6(11-4)9-2-1-8-5/h1-3H. The highest BCUT2D eigenvalue weighted by Crippen LogP contribution is 2.06. The van der Waals surface area contributed by atoms with Crippen molar-refractivity contribution in [2.75, 3.05) is 0 Å². The van der Waals surface area contributed by atoms with Crippen LogP contribution in [0.25, 0.3) is 11.3 Å². The summed E-state index contributed by atoms with van der Waals surface area (Å²) in [7, 11) is 0. The Morgan fingerprint density at radius 2 is 1.73 bits per heavy atom. The van der Waals surface area contributed by atoms with Crippen molar-refractivity contribution < 1.29 is 0 Å². The molecule has 0 saturated heterocycles. The van der Waals surface area contributed by atoms with Gasteiger partial charge < -0.3 is 0 Å². The summed E-state index contributed by atoms with van der Waals surface area (Å²) >= 11 is 3.19. The number of nitrogens with zero attached hydrogens (tertiary/aromatic N) is 4. The zero-order chi connectivity index (χ0) is 7.68. The fourth-order valence-electron chi connectivity index (χ4n) is 0.738. The maximum atomic E-state index is 4.06. The Morgan fingerprint density at radius 3 is 2.55 bits per heavy atom. The third-order valence-corrected chi connectivity index (χ3v) is 1.55. The number of rotatable bonds is 0. The van der Waals surface area contributed by atoms with E-state index in [-0.39, 0.29) is 0 Å². The van der Waals surface area contributed by atoms with E-state index in [2.05, 4.69) is 35.9 Å². The molecule has 0 radical (unpaired) electrons. The van der Waals surface area contributed by atoms with E-state index in [0.29, 0.717) is 15.9 Å². The topological polar surface area (TPSA) is 51.6 Å². The predicted molar refractivity (Wildman–Crippen MR) is 42.8 cm³/mol. The van der Waals surface area contributed by atoms with Crippen molar-refractivity contribution in [3.63, 3.8) is 0 Å². The van der Waals surface area contributed by atoms with E-state index < -0.39 is 0 Å². The number of fused-ring (bicyclic) bond motifs is 1. The zero-order valence-electron chi connectivity index (χ0n) is 5.40. The molecule has 0 aliphatic carbocycles. The first-order valence-corrected chi connectivity index (χ1v) is 3.75. The smallest absolute Gasteiger partial charge is 0.198 e. The molecule has 2 heterocycles. The summed E-state index contributed by atoms with van der Waals surface area (Å²) in [5.74, 6) is 0. The van der Waals surface area contributed by atoms with Crippen LogP contribution in [0.3, 0.4) is 0 Å². The minimum absolute atomic E-state index is 0.557. The van der Waals surface area contributed by atoms with Crippen LogP contribution in [-0.4, -0.2) is 19.9 Å². The molecule has 0 saturated carbocycles. The molecule has 0 aliphatic rings. The van der Waals surface area contributed by atoms with E-state index in [1.165, 1.54) is 0 Å². The molecular formula is C6H3BrN4. The third kappa shape index (κ3) is 1.19. The lowest BCUT2D eigenvalue weighted by Gasteiger charge is -1.92. The lowest BCUT2D eigenvalue weighted by atomic mass is 10.6. The number of hydrogen-bond acceptors (Lipinski definition) is 4. The highest BCUT2D eigenvalue weighted by molar-refractivity contribution is 9.10. The Bertz CT molecular complexity index is 389. The first kappa shape index (κ1) is 6.60. The average Bonchev–Trinajstić information content (AvgIpc) is 2.04. The van der Waals surface area contributed by atoms with Gasteiger partial charge in [0.15, 0.2) is 11.3 Å². The molecule has 54 valence electrons. The Morgan fingerprint density at radius 1 is 1.00 bits per heavy atom. The van der Waals surface area contributed by atoms with Crippen LogP contribution < -0.4 is 0 Å². The van der Waals surface area contributed by atoms with Crippen LogP contribution in [0.2, 0.25) is 0 Å². The summed E-state index contributed by atoms with van der Waals surface area (Å²) in [5, 5.41) is 0. The van der Waals surface area contributed by atoms with Gasteiger partial charge in [-0.2, -0.15) is 0 Å². The predicted octanol–water partition coefficient (Wildman–Crippen LogP) is 1.18. The van der Waals surface area contributed by atoms with Crippen LogP contribution >= 0.6 is 15.9 Å². The van der Waals surface area contributed by atoms with Crippen LogP contribution in [0.15, 0.2) is 23.2 Å². The second-order valence-electron chi connectivity index (χ2n) is 1.90. The van der Waals surface area contributed by atoms with E-state index in [9.17, 15) is 0 Å². The Kier molecular flexibility index (Phi) is 1.50. The Labute approximate surface area is 70.9 Å². The van der Waals surface area contributed by atoms with Crippen LogP contribution in [0.4, 0.5) is 0 Å². The molecule has 2 rings (SSSR count). The molecule has 2 aromatic rings. The fraction of sp³-hybridized carbons (Fsp3) is 0. The molecule has 0 spiro atoms. The number of hydrogen-bond donors (Lipinski definition) is 0. The van der Waals surface area contributed by atoms with Gasteiger partial charge in [-0.3, -0.25) is 0 Å². The second kappa shape index (κ2) is 2.50. The molecule has 0 atom stereocenters. The molecular weight excluding hydrogens is 208 g/mol. The van der Waals surface area contributed by atoms with E-state index in [1.54, 1.807) is 18.6 Å². The highest BCUT2D eigenvalue weighted by atomic mass is 79.9. The van der Waals surface area contributed by atoms with Gasteiger partial charge in [-0.15, -0.1) is 0 Å². The monoisotopic (exact) mass is 210 g/mol. The van der Waals surface area contributed by atoms with Crippen molar-refractivity contribution in [2.45, 2.75) is 0 Å². The Balaban J connectivity index is 2.83. The van der Waals surface area contributed by atoms with Crippen LogP contribution in [-0.2, 0) is 0 Å². The van der Waals surface area contributed by atoms with Crippen LogP contribution in [0, 0.1) is 0 Å². The van der Waals surface area contributed by atoms with E-state index in [1.807, 2.05) is 0 Å². The van der Waals surface area contributed by atoms with Gasteiger partial charge >= 0.3 is 0 Å². The van der Waals surface area contributed by atoms with Gasteiger partial charge in [0.1, 0.15) is 4.60 Å². The van der Waals surface area contributed by atoms with Gasteiger partial charge in [0.05, 0.1) is 6.20 Å². The number of aromatic nitrogens is 4. The summed E-state index contributed by atoms with van der Waals surface area (Å²) in [6.45, 7) is 0. The molecule has 0 unspecified atom stereocenters. The molecule has 4 nitrogen and oxygen atoms in total. The minimum Gasteiger partial charge on any atom is -0.232 e. The van der Waals surface area contributed by atoms with Gasteiger partial charge in [0.2, 0.25) is 0 Å². The average molecular weight is 211 g/mol. The molecule has 0 aromatic carbocycles. The largest absolute Gasteiger partial charge is 0.232 e. The van der Waals surface area contributed by atoms with Crippen LogP contribution in [0.1, 0.15) is 0 Å². The number of halogens is 1. The van der Waals surface area contributed by atoms with Gasteiger partial charge in [-0.05, 0) is 15.9 Å². The van der Waals surface area contributed by atoms with E-state index in [0.717, 1.165) is 0 Å². The summed E-state index contributed by atoms with van der Waals surface area (Å²) in [6.07, 6.45) is 4.77. The van der Waals surface area contributed by atoms with Gasteiger partial charge in [0.25, 0.3) is 0 Å². The van der Waals surface area contributed by atoms with Gasteiger partial charge in [-0.25, -0.2) is 19.9 Å². The molecule has 0 amide bonds. The van der Waals surface area contributed by atoms with Crippen molar-refractivity contribution >= 4 is 27.2 Å². The third-order valence-electron chi connectivity index (χ3n) is 1.17. The van der Waals surface area contributed by atoms with Crippen molar-refractivity contribution in [2.24, 2.45) is 0 Å². The summed E-state index contributed by atoms with van der Waals surface area (Å²) in [5.41, 5.74) is 1.12. The van der Waals surface area contributed by atoms with E-state index in [4.69, 9.17) is 0 Å². The first-order chi connectivity index (χ1) is 5.36. The molecule has 0 bridgehead atoms. The van der Waals surface area contributed by atoms with Crippen LogP contribution in [0.5, 0.6) is 0 Å². The normalized spacial score (nSPS) is 10.3. The summed E-state index contributed by atoms with van der Waals surface area (Å²) in [6, 6.07) is 0. The molecule has 5 heteroatoms. The maximum Gasteiger partial charge on any atom is 0.198 e. The Hall–Kier alpha value is -1.10. The SMILES string of the molecule is Brc1cnc2nccnc2n1. The lowest BCUT2D eigenvalue weighted by molar-refractivity contribution is 1.14. The zero-order valence-corrected chi connectivity index (χ0v) is 6.98. The summed E-state index contributed by atoms with van der Waals surface area (Å²) in [4.78, 5) is 16.0. The minimum atomic E-state index is 0.557. The van der Waals surface area contributed by atoms with Crippen molar-refractivity contribution in [3.05, 3.63) is 23.2 Å². The van der Waals surface area contributed by atoms with Gasteiger partial charge in [-0.1, -0.05) is 0 Å². The molecule has 0 aliphatic heterocycles. The molecule has 2 aromatic heterocycles. The van der Waals surface area contributed by atoms with Crippen molar-refractivity contribution in [1.29, 1.82) is 0 Å². The van der Waals surface area contributed by atoms with E-state index >= 15 is 0 Å². The summed E-state index contributed by atoms with van der Waals surface area (Å²) < 4.78 is 0.672. The first-order valence-electron chi connectivity index (χ1n) is 2.95. The molecule has 0 fully saturated rings. The quantitative estimate of drug-likeness (QED) is 0.656. The van der Waals surface area contributed by atoms with Crippen molar-refractivity contribution in [1.82, 2.24) is 19.9 Å². The maximum absolute atomic E-state index is 4.06. The lowest BCUT2D eigenvalue weighted by Crippen LogP contribution is -1.89. The molecule has 0 N–H and O–H groups in total. The second-order valence-corrected chi connectivity index (χ2v) is 2.71.